The fraction of sp³-hybridized carbons (Fsp3) is 0.562. The van der Waals surface area contributed by atoms with E-state index in [0.717, 1.165) is 44.4 Å². The molecule has 2 aromatic heterocycles. The van der Waals surface area contributed by atoms with E-state index < -0.39 is 0 Å². The lowest BCUT2D eigenvalue weighted by molar-refractivity contribution is 0.127. The maximum absolute atomic E-state index is 5.59. The summed E-state index contributed by atoms with van der Waals surface area (Å²) in [5.41, 5.74) is 2.41. The van der Waals surface area contributed by atoms with E-state index in [2.05, 4.69) is 34.1 Å². The summed E-state index contributed by atoms with van der Waals surface area (Å²) in [6.45, 7) is 5.54. The van der Waals surface area contributed by atoms with Crippen LogP contribution in [-0.2, 0) is 17.8 Å². The zero-order valence-electron chi connectivity index (χ0n) is 12.1. The molecule has 2 heterocycles. The van der Waals surface area contributed by atoms with Crippen molar-refractivity contribution in [2.75, 3.05) is 13.2 Å². The van der Waals surface area contributed by atoms with Crippen LogP contribution < -0.4 is 5.32 Å². The van der Waals surface area contributed by atoms with Crippen molar-refractivity contribution < 1.29 is 4.74 Å². The molecule has 3 rings (SSSR count). The van der Waals surface area contributed by atoms with E-state index in [-0.39, 0.29) is 0 Å². The van der Waals surface area contributed by atoms with Crippen LogP contribution in [-0.4, -0.2) is 28.8 Å². The predicted octanol–water partition coefficient (Wildman–Crippen LogP) is 2.71. The van der Waals surface area contributed by atoms with Crippen LogP contribution in [0.2, 0.25) is 0 Å². The Labute approximate surface area is 120 Å². The molecule has 0 aliphatic heterocycles. The van der Waals surface area contributed by atoms with Gasteiger partial charge in [0.2, 0.25) is 0 Å². The third-order valence-electron chi connectivity index (χ3n) is 3.70. The number of nitrogens with zero attached hydrogens (tertiary/aromatic N) is 2. The van der Waals surface area contributed by atoms with Gasteiger partial charge in [-0.15, -0.1) is 0 Å². The van der Waals surface area contributed by atoms with E-state index in [1.54, 1.807) is 0 Å². The Balaban J connectivity index is 1.72. The summed E-state index contributed by atoms with van der Waals surface area (Å²) in [6.07, 6.45) is 7.80. The Morgan fingerprint density at radius 2 is 2.30 bits per heavy atom. The molecule has 0 aromatic carbocycles. The van der Waals surface area contributed by atoms with Gasteiger partial charge in [0.25, 0.3) is 0 Å². The van der Waals surface area contributed by atoms with Crippen molar-refractivity contribution in [2.45, 2.75) is 45.3 Å². The van der Waals surface area contributed by atoms with E-state index in [0.29, 0.717) is 0 Å². The highest BCUT2D eigenvalue weighted by Gasteiger charge is 2.20. The van der Waals surface area contributed by atoms with Gasteiger partial charge in [0.05, 0.1) is 6.61 Å². The van der Waals surface area contributed by atoms with E-state index in [1.807, 2.05) is 12.3 Å². The molecular weight excluding hydrogens is 250 g/mol. The highest BCUT2D eigenvalue weighted by Crippen LogP contribution is 2.23. The first-order chi connectivity index (χ1) is 9.88. The van der Waals surface area contributed by atoms with Crippen molar-refractivity contribution in [1.82, 2.24) is 14.9 Å². The summed E-state index contributed by atoms with van der Waals surface area (Å²) in [7, 11) is 0. The van der Waals surface area contributed by atoms with Crippen molar-refractivity contribution in [3.05, 3.63) is 30.1 Å². The minimum absolute atomic E-state index is 0.734. The molecule has 2 aromatic rings. The largest absolute Gasteiger partial charge is 0.380 e. The topological polar surface area (TPSA) is 39.1 Å². The number of ether oxygens (including phenoxy) is 1. The molecule has 1 aliphatic rings. The Bertz CT molecular complexity index is 560. The summed E-state index contributed by atoms with van der Waals surface area (Å²) < 4.78 is 7.81. The molecule has 1 saturated carbocycles. The second kappa shape index (κ2) is 6.37. The van der Waals surface area contributed by atoms with Crippen LogP contribution in [0.1, 0.15) is 31.7 Å². The monoisotopic (exact) mass is 273 g/mol. The highest BCUT2D eigenvalue weighted by molar-refractivity contribution is 5.80. The first-order valence-corrected chi connectivity index (χ1v) is 7.62. The number of pyridine rings is 1. The molecular formula is C16H23N3O. The molecule has 0 saturated heterocycles. The zero-order chi connectivity index (χ0) is 13.8. The fourth-order valence-electron chi connectivity index (χ4n) is 2.46. The Morgan fingerprint density at radius 1 is 1.40 bits per heavy atom. The zero-order valence-corrected chi connectivity index (χ0v) is 12.1. The average Bonchev–Trinajstić information content (AvgIpc) is 3.24. The smallest absolute Gasteiger partial charge is 0.140 e. The molecule has 1 fully saturated rings. The third-order valence-corrected chi connectivity index (χ3v) is 3.70. The van der Waals surface area contributed by atoms with Crippen molar-refractivity contribution in [2.24, 2.45) is 0 Å². The number of rotatable bonds is 8. The van der Waals surface area contributed by atoms with Gasteiger partial charge in [-0.05, 0) is 37.0 Å². The minimum atomic E-state index is 0.734. The normalized spacial score (nSPS) is 15.1. The first kappa shape index (κ1) is 13.6. The van der Waals surface area contributed by atoms with E-state index in [4.69, 9.17) is 4.74 Å². The second-order valence-electron chi connectivity index (χ2n) is 5.49. The maximum atomic E-state index is 5.59. The lowest BCUT2D eigenvalue weighted by Gasteiger charge is -2.05. The molecule has 20 heavy (non-hydrogen) atoms. The summed E-state index contributed by atoms with van der Waals surface area (Å²) in [4.78, 5) is 4.52. The van der Waals surface area contributed by atoms with Crippen LogP contribution in [0.3, 0.4) is 0 Å². The van der Waals surface area contributed by atoms with E-state index >= 15 is 0 Å². The lowest BCUT2D eigenvalue weighted by Crippen LogP contribution is -2.15. The van der Waals surface area contributed by atoms with Gasteiger partial charge in [-0.3, -0.25) is 0 Å². The quantitative estimate of drug-likeness (QED) is 0.752. The number of aromatic nitrogens is 2. The third kappa shape index (κ3) is 3.19. The molecule has 0 unspecified atom stereocenters. The SMILES string of the molecule is CCCOCCn1cc(CNC2CC2)c2cccnc21. The molecule has 4 heteroatoms. The molecule has 0 bridgehead atoms. The maximum Gasteiger partial charge on any atom is 0.140 e. The summed E-state index contributed by atoms with van der Waals surface area (Å²) in [5.74, 6) is 0. The Hall–Kier alpha value is -1.39. The van der Waals surface area contributed by atoms with Gasteiger partial charge >= 0.3 is 0 Å². The molecule has 108 valence electrons. The van der Waals surface area contributed by atoms with E-state index in [9.17, 15) is 0 Å². The van der Waals surface area contributed by atoms with Crippen molar-refractivity contribution in [1.29, 1.82) is 0 Å². The van der Waals surface area contributed by atoms with Gasteiger partial charge in [-0.1, -0.05) is 6.92 Å². The van der Waals surface area contributed by atoms with Gasteiger partial charge in [-0.2, -0.15) is 0 Å². The Morgan fingerprint density at radius 3 is 3.10 bits per heavy atom. The van der Waals surface area contributed by atoms with Crippen molar-refractivity contribution >= 4 is 11.0 Å². The highest BCUT2D eigenvalue weighted by atomic mass is 16.5. The van der Waals surface area contributed by atoms with Crippen LogP contribution in [0.5, 0.6) is 0 Å². The van der Waals surface area contributed by atoms with Gasteiger partial charge in [0, 0.05) is 43.5 Å². The summed E-state index contributed by atoms with van der Waals surface area (Å²) >= 11 is 0. The van der Waals surface area contributed by atoms with Crippen LogP contribution >= 0.6 is 0 Å². The Kier molecular flexibility index (Phi) is 4.33. The van der Waals surface area contributed by atoms with Crippen LogP contribution in [0, 0.1) is 0 Å². The number of hydrogen-bond donors (Lipinski definition) is 1. The van der Waals surface area contributed by atoms with Gasteiger partial charge in [0.1, 0.15) is 5.65 Å². The molecule has 0 atom stereocenters. The van der Waals surface area contributed by atoms with Crippen LogP contribution in [0.4, 0.5) is 0 Å². The number of hydrogen-bond acceptors (Lipinski definition) is 3. The van der Waals surface area contributed by atoms with Gasteiger partial charge in [-0.25, -0.2) is 4.98 Å². The molecule has 0 amide bonds. The molecule has 1 N–H and O–H groups in total. The predicted molar refractivity (Wildman–Crippen MR) is 80.7 cm³/mol. The van der Waals surface area contributed by atoms with Crippen LogP contribution in [0.15, 0.2) is 24.5 Å². The second-order valence-corrected chi connectivity index (χ2v) is 5.49. The number of nitrogens with one attached hydrogen (secondary N) is 1. The molecule has 1 aliphatic carbocycles. The molecule has 0 spiro atoms. The molecule has 4 nitrogen and oxygen atoms in total. The lowest BCUT2D eigenvalue weighted by atomic mass is 10.2. The number of fused-ring (bicyclic) bond motifs is 1. The van der Waals surface area contributed by atoms with Gasteiger partial charge < -0.3 is 14.6 Å². The van der Waals surface area contributed by atoms with Crippen molar-refractivity contribution in [3.8, 4) is 0 Å². The first-order valence-electron chi connectivity index (χ1n) is 7.62. The standard InChI is InChI=1S/C16H23N3O/c1-2-9-20-10-8-19-12-13(11-18-14-5-6-14)15-4-3-7-17-16(15)19/h3-4,7,12,14,18H,2,5-6,8-11H2,1H3. The van der Waals surface area contributed by atoms with Gasteiger partial charge in [0.15, 0.2) is 0 Å². The average molecular weight is 273 g/mol. The van der Waals surface area contributed by atoms with Crippen LogP contribution in [0.25, 0.3) is 11.0 Å². The van der Waals surface area contributed by atoms with Crippen molar-refractivity contribution in [3.63, 3.8) is 0 Å². The summed E-state index contributed by atoms with van der Waals surface area (Å²) in [5, 5.41) is 4.84. The fourth-order valence-corrected chi connectivity index (χ4v) is 2.46. The summed E-state index contributed by atoms with van der Waals surface area (Å²) in [6, 6.07) is 4.91. The minimum Gasteiger partial charge on any atom is -0.380 e. The van der Waals surface area contributed by atoms with E-state index in [1.165, 1.54) is 23.8 Å². The molecule has 0 radical (unpaired) electrons.